The van der Waals surface area contributed by atoms with Crippen LogP contribution in [0.4, 0.5) is 0 Å². The molecule has 0 heterocycles. The van der Waals surface area contributed by atoms with E-state index in [-0.39, 0.29) is 65.1 Å². The number of carbonyl (C=O) groups is 4. The minimum Gasteiger partial charge on any atom is -0.304 e. The Kier molecular flexibility index (Phi) is 30.3. The van der Waals surface area contributed by atoms with Crippen LogP contribution in [0.1, 0.15) is 152 Å². The van der Waals surface area contributed by atoms with Crippen LogP contribution in [0.2, 0.25) is 0 Å². The van der Waals surface area contributed by atoms with Crippen LogP contribution in [0.15, 0.2) is 96.0 Å². The molecule has 0 bridgehead atoms. The molecule has 0 unspecified atom stereocenters. The number of nitrogens with zero attached hydrogens (tertiary/aromatic N) is 1. The first-order chi connectivity index (χ1) is 24.6. The number of Topliss-reactive ketones (excluding diaryl/α,β-unsaturated/α-hetero) is 3. The first-order valence-electron chi connectivity index (χ1n) is 18.1. The van der Waals surface area contributed by atoms with Gasteiger partial charge in [-0.15, -0.1) is 12.4 Å². The summed E-state index contributed by atoms with van der Waals surface area (Å²) >= 11 is 0. The molecule has 0 aliphatic heterocycles. The van der Waals surface area contributed by atoms with Gasteiger partial charge in [0.15, 0.2) is 11.6 Å². The van der Waals surface area contributed by atoms with Crippen molar-refractivity contribution in [2.75, 3.05) is 13.1 Å². The number of nitrogens with two attached hydrogens (primary N) is 2. The summed E-state index contributed by atoms with van der Waals surface area (Å²) in [6.07, 6.45) is 13.7. The molecular formula is C45H73ClN6O4. The van der Waals surface area contributed by atoms with Crippen LogP contribution in [-0.2, 0) is 4.79 Å². The maximum atomic E-state index is 11.8. The molecule has 314 valence electrons. The fourth-order valence-electron chi connectivity index (χ4n) is 5.14. The number of benzene rings is 3. The number of nitrogen functional groups attached to an aromatic ring is 1. The number of halogens is 1. The van der Waals surface area contributed by atoms with Gasteiger partial charge in [0.1, 0.15) is 12.3 Å². The summed E-state index contributed by atoms with van der Waals surface area (Å²) in [6, 6.07) is 27.6. The van der Waals surface area contributed by atoms with E-state index in [1.165, 1.54) is 50.7 Å². The molecule has 1 amide bonds. The molecule has 4 aliphatic rings. The Hall–Kier alpha value is -4.06. The van der Waals surface area contributed by atoms with Crippen molar-refractivity contribution in [3.05, 3.63) is 108 Å². The van der Waals surface area contributed by atoms with Gasteiger partial charge in [-0.1, -0.05) is 109 Å². The lowest BCUT2D eigenvalue weighted by atomic mass is 9.78. The molecule has 3 aromatic rings. The van der Waals surface area contributed by atoms with Crippen LogP contribution < -0.4 is 27.9 Å². The second kappa shape index (κ2) is 30.1. The van der Waals surface area contributed by atoms with Gasteiger partial charge in [0, 0.05) is 46.3 Å². The van der Waals surface area contributed by atoms with Gasteiger partial charge in [-0.25, -0.2) is 5.84 Å². The summed E-state index contributed by atoms with van der Waals surface area (Å²) in [7, 11) is 0. The molecule has 3 aromatic carbocycles. The van der Waals surface area contributed by atoms with Crippen molar-refractivity contribution in [3.63, 3.8) is 0 Å². The highest BCUT2D eigenvalue weighted by Gasteiger charge is 2.31. The van der Waals surface area contributed by atoms with E-state index in [0.717, 1.165) is 43.2 Å². The van der Waals surface area contributed by atoms with E-state index in [1.807, 2.05) is 72.2 Å². The van der Waals surface area contributed by atoms with Gasteiger partial charge in [0.2, 0.25) is 0 Å². The van der Waals surface area contributed by atoms with Gasteiger partial charge >= 0.3 is 0 Å². The monoisotopic (exact) mass is 797 g/mol. The van der Waals surface area contributed by atoms with E-state index < -0.39 is 0 Å². The summed E-state index contributed by atoms with van der Waals surface area (Å²) in [5.41, 5.74) is 8.66. The second-order valence-electron chi connectivity index (χ2n) is 13.9. The van der Waals surface area contributed by atoms with Crippen molar-refractivity contribution in [2.24, 2.45) is 16.7 Å². The first-order valence-corrected chi connectivity index (χ1v) is 18.1. The predicted molar refractivity (Wildman–Crippen MR) is 239 cm³/mol. The van der Waals surface area contributed by atoms with Crippen LogP contribution >= 0.6 is 12.4 Å². The zero-order valence-electron chi connectivity index (χ0n) is 30.7. The topological polar surface area (TPSA) is 169 Å². The molecular weight excluding hydrogens is 724 g/mol. The van der Waals surface area contributed by atoms with Gasteiger partial charge in [0.25, 0.3) is 5.91 Å². The highest BCUT2D eigenvalue weighted by molar-refractivity contribution is 6.00. The van der Waals surface area contributed by atoms with E-state index in [4.69, 9.17) is 11.7 Å². The quantitative estimate of drug-likeness (QED) is 0.0618. The fraction of sp³-hybridized carbons (Fsp3) is 0.489. The van der Waals surface area contributed by atoms with Crippen molar-refractivity contribution in [1.82, 2.24) is 16.2 Å². The Bertz CT molecular complexity index is 1530. The molecule has 0 spiro atoms. The Labute approximate surface area is 344 Å². The number of ketones is 3. The van der Waals surface area contributed by atoms with Crippen LogP contribution in [0, 0.1) is 0 Å². The third-order valence-electron chi connectivity index (χ3n) is 9.59. The molecule has 10 nitrogen and oxygen atoms in total. The molecule has 0 atom stereocenters. The molecule has 0 aromatic heterocycles. The van der Waals surface area contributed by atoms with Crippen LogP contribution in [0.25, 0.3) is 0 Å². The Morgan fingerprint density at radius 3 is 1.29 bits per heavy atom. The van der Waals surface area contributed by atoms with E-state index in [0.29, 0.717) is 30.0 Å². The number of hydrogen-bond donors (Lipinski definition) is 5. The minimum absolute atomic E-state index is 0. The van der Waals surface area contributed by atoms with Gasteiger partial charge in [0.05, 0.1) is 6.54 Å². The number of carbonyl (C=O) groups excluding carboxylic acids is 4. The van der Waals surface area contributed by atoms with Gasteiger partial charge < -0.3 is 5.32 Å². The maximum Gasteiger partial charge on any atom is 0.265 e. The van der Waals surface area contributed by atoms with Crippen LogP contribution in [0.3, 0.4) is 0 Å². The van der Waals surface area contributed by atoms with Crippen molar-refractivity contribution >= 4 is 41.4 Å². The molecule has 7 N–H and O–H groups in total. The smallest absolute Gasteiger partial charge is 0.265 e. The molecule has 7 rings (SSSR count). The number of hydrogen-bond acceptors (Lipinski definition) is 9. The number of nitrogens with one attached hydrogen (secondary N) is 3. The molecule has 11 heteroatoms. The fourth-order valence-corrected chi connectivity index (χ4v) is 5.14. The van der Waals surface area contributed by atoms with E-state index >= 15 is 0 Å². The van der Waals surface area contributed by atoms with Crippen molar-refractivity contribution < 1.29 is 19.2 Å². The third-order valence-corrected chi connectivity index (χ3v) is 9.59. The van der Waals surface area contributed by atoms with E-state index in [1.54, 1.807) is 24.3 Å². The number of amides is 1. The summed E-state index contributed by atoms with van der Waals surface area (Å²) in [4.78, 5) is 48.3. The lowest BCUT2D eigenvalue weighted by Gasteiger charge is -2.39. The standard InChI is InChI=1S/C13H17NO.C12H13NO.C7H8N2O.C5H12N2.C4H6O.4CH4.ClH/c1-13(8-5-9-13)14-10-12(15)11-6-3-2-4-7-11;14-12(9-13-11-7-4-8-11)10-5-2-1-3-6-10;8-9-7(10)6-4-2-1-3-5-6;1-5(7-6)3-2-4-5;5-4-2-1-3-4;;;;;/h2-4,6-7,14H,5,8-10H2,1H3;1-3,5-6H,4,7-9H2;1-5H,8H2,(H,9,10);7H,2-4,6H2,1H3;1-3H2;4*1H4;1H. The maximum absolute atomic E-state index is 11.8. The highest BCUT2D eigenvalue weighted by Crippen LogP contribution is 2.31. The SMILES string of the molecule is C.C.C.C.CC1(NCC(=O)c2ccccc2)CCC1.CC1(NN)CCC1.Cl.NNC(=O)c1ccccc1.O=C(CN=C1CCC1)c1ccccc1.O=C1CCC1. The average molecular weight is 798 g/mol. The number of hydrazine groups is 2. The van der Waals surface area contributed by atoms with Gasteiger partial charge in [-0.05, 0) is 90.2 Å². The first kappa shape index (κ1) is 56.3. The zero-order valence-corrected chi connectivity index (χ0v) is 31.5. The number of aliphatic imine (C=N–C) groups is 1. The second-order valence-corrected chi connectivity index (χ2v) is 13.9. The van der Waals surface area contributed by atoms with Crippen molar-refractivity contribution in [2.45, 2.75) is 132 Å². The van der Waals surface area contributed by atoms with E-state index in [2.05, 4.69) is 29.6 Å². The molecule has 56 heavy (non-hydrogen) atoms. The Balaban J connectivity index is -0.000000639. The van der Waals surface area contributed by atoms with Crippen LogP contribution in [-0.4, -0.2) is 53.1 Å². The predicted octanol–water partition coefficient (Wildman–Crippen LogP) is 9.28. The van der Waals surface area contributed by atoms with Gasteiger partial charge in [-0.3, -0.25) is 40.9 Å². The van der Waals surface area contributed by atoms with Gasteiger partial charge in [-0.2, -0.15) is 0 Å². The molecule has 4 saturated carbocycles. The number of rotatable bonds is 9. The molecule has 4 fully saturated rings. The lowest BCUT2D eigenvalue weighted by Crippen LogP contribution is -2.51. The summed E-state index contributed by atoms with van der Waals surface area (Å²) < 4.78 is 0. The molecule has 4 aliphatic carbocycles. The zero-order chi connectivity index (χ0) is 37.0. The normalized spacial score (nSPS) is 15.4. The average Bonchev–Trinajstić information content (AvgIpc) is 3.12. The Morgan fingerprint density at radius 2 is 1.00 bits per heavy atom. The summed E-state index contributed by atoms with van der Waals surface area (Å²) in [6.45, 7) is 5.12. The Morgan fingerprint density at radius 1 is 0.607 bits per heavy atom. The van der Waals surface area contributed by atoms with E-state index in [9.17, 15) is 19.2 Å². The highest BCUT2D eigenvalue weighted by atomic mass is 35.5. The van der Waals surface area contributed by atoms with Crippen molar-refractivity contribution in [1.29, 1.82) is 0 Å². The third kappa shape index (κ3) is 20.7. The largest absolute Gasteiger partial charge is 0.304 e. The summed E-state index contributed by atoms with van der Waals surface area (Å²) in [5, 5.41) is 3.34. The van der Waals surface area contributed by atoms with Crippen LogP contribution in [0.5, 0.6) is 0 Å². The summed E-state index contributed by atoms with van der Waals surface area (Å²) in [5.74, 6) is 10.6. The molecule has 0 radical (unpaired) electrons. The van der Waals surface area contributed by atoms with Crippen molar-refractivity contribution in [3.8, 4) is 0 Å². The lowest BCUT2D eigenvalue weighted by molar-refractivity contribution is -0.123. The minimum atomic E-state index is -0.263. The molecule has 0 saturated heterocycles.